The number of rotatable bonds is 5. The number of ether oxygens (including phenoxy) is 1. The number of nitrogens with one attached hydrogen (secondary N) is 1. The summed E-state index contributed by atoms with van der Waals surface area (Å²) in [5.41, 5.74) is -0.948. The van der Waals surface area contributed by atoms with Crippen LogP contribution in [-0.2, 0) is 4.74 Å². The molecule has 2 atom stereocenters. The topological polar surface area (TPSA) is 84.3 Å². The van der Waals surface area contributed by atoms with Gasteiger partial charge in [0.15, 0.2) is 0 Å². The Labute approximate surface area is 92.5 Å². The fourth-order valence-electron chi connectivity index (χ4n) is 1.32. The van der Waals surface area contributed by atoms with Crippen LogP contribution in [-0.4, -0.2) is 27.4 Å². The van der Waals surface area contributed by atoms with E-state index in [-0.39, 0.29) is 12.7 Å². The van der Waals surface area contributed by atoms with Crippen LogP contribution in [0, 0.1) is 0 Å². The quantitative estimate of drug-likeness (QED) is 0.733. The van der Waals surface area contributed by atoms with Gasteiger partial charge >= 0.3 is 5.69 Å². The zero-order valence-corrected chi connectivity index (χ0v) is 9.34. The van der Waals surface area contributed by atoms with E-state index in [0.717, 1.165) is 0 Å². The molecule has 0 aliphatic heterocycles. The van der Waals surface area contributed by atoms with Gasteiger partial charge in [-0.1, -0.05) is 6.92 Å². The van der Waals surface area contributed by atoms with Crippen molar-refractivity contribution >= 4 is 0 Å². The van der Waals surface area contributed by atoms with Gasteiger partial charge in [-0.05, 0) is 13.3 Å². The van der Waals surface area contributed by atoms with Crippen molar-refractivity contribution in [3.05, 3.63) is 33.1 Å². The summed E-state index contributed by atoms with van der Waals surface area (Å²) in [5.74, 6) is 0. The Kier molecular flexibility index (Phi) is 4.45. The molecular weight excluding hydrogens is 212 g/mol. The Morgan fingerprint density at radius 1 is 1.56 bits per heavy atom. The van der Waals surface area contributed by atoms with Crippen molar-refractivity contribution in [2.24, 2.45) is 0 Å². The molecule has 1 heterocycles. The number of aliphatic hydroxyl groups is 1. The van der Waals surface area contributed by atoms with Gasteiger partial charge in [-0.2, -0.15) is 0 Å². The molecule has 16 heavy (non-hydrogen) atoms. The van der Waals surface area contributed by atoms with Crippen LogP contribution in [0.25, 0.3) is 0 Å². The third-order valence-electron chi connectivity index (χ3n) is 2.16. The lowest BCUT2D eigenvalue weighted by molar-refractivity contribution is -0.0696. The summed E-state index contributed by atoms with van der Waals surface area (Å²) in [6, 6.07) is 1.26. The Hall–Kier alpha value is -1.40. The molecule has 0 spiro atoms. The first-order chi connectivity index (χ1) is 7.58. The number of aromatic amines is 1. The summed E-state index contributed by atoms with van der Waals surface area (Å²) in [5, 5.41) is 8.87. The SMILES string of the molecule is CCC(OC(C)CO)n1ccc(=O)[nH]c1=O. The second-order valence-electron chi connectivity index (χ2n) is 3.51. The lowest BCUT2D eigenvalue weighted by Crippen LogP contribution is -2.34. The van der Waals surface area contributed by atoms with Gasteiger partial charge in [-0.3, -0.25) is 14.3 Å². The maximum absolute atomic E-state index is 11.5. The normalized spacial score (nSPS) is 14.7. The van der Waals surface area contributed by atoms with E-state index in [9.17, 15) is 9.59 Å². The van der Waals surface area contributed by atoms with Gasteiger partial charge in [-0.15, -0.1) is 0 Å². The molecule has 2 N–H and O–H groups in total. The van der Waals surface area contributed by atoms with Crippen LogP contribution in [0.2, 0.25) is 0 Å². The summed E-state index contributed by atoms with van der Waals surface area (Å²) in [7, 11) is 0. The van der Waals surface area contributed by atoms with Crippen LogP contribution in [0.3, 0.4) is 0 Å². The lowest BCUT2D eigenvalue weighted by Gasteiger charge is -2.21. The maximum Gasteiger partial charge on any atom is 0.330 e. The summed E-state index contributed by atoms with van der Waals surface area (Å²) < 4.78 is 6.75. The molecule has 6 nitrogen and oxygen atoms in total. The average Bonchev–Trinajstić information content (AvgIpc) is 2.26. The van der Waals surface area contributed by atoms with Crippen molar-refractivity contribution in [3.8, 4) is 0 Å². The molecular formula is C10H16N2O4. The second kappa shape index (κ2) is 5.62. The molecule has 90 valence electrons. The summed E-state index contributed by atoms with van der Waals surface area (Å²) in [6.07, 6.45) is 1.12. The Bertz CT molecular complexity index is 437. The van der Waals surface area contributed by atoms with E-state index < -0.39 is 17.5 Å². The predicted octanol–water partition coefficient (Wildman–Crippen LogP) is -0.157. The van der Waals surface area contributed by atoms with Gasteiger partial charge in [0.2, 0.25) is 0 Å². The highest BCUT2D eigenvalue weighted by Gasteiger charge is 2.13. The molecule has 1 aromatic rings. The van der Waals surface area contributed by atoms with Crippen LogP contribution < -0.4 is 11.2 Å². The standard InChI is InChI=1S/C10H16N2O4/c1-3-9(16-7(2)6-13)12-5-4-8(14)11-10(12)15/h4-5,7,9,13H,3,6H2,1-2H3,(H,11,14,15). The molecule has 0 aliphatic rings. The van der Waals surface area contributed by atoms with E-state index in [4.69, 9.17) is 9.84 Å². The van der Waals surface area contributed by atoms with E-state index >= 15 is 0 Å². The molecule has 0 radical (unpaired) electrons. The van der Waals surface area contributed by atoms with Crippen LogP contribution in [0.15, 0.2) is 21.9 Å². The Balaban J connectivity index is 2.95. The molecule has 0 aromatic carbocycles. The van der Waals surface area contributed by atoms with Crippen molar-refractivity contribution < 1.29 is 9.84 Å². The molecule has 0 fully saturated rings. The first kappa shape index (κ1) is 12.7. The summed E-state index contributed by atoms with van der Waals surface area (Å²) in [6.45, 7) is 3.44. The first-order valence-electron chi connectivity index (χ1n) is 5.16. The largest absolute Gasteiger partial charge is 0.394 e. The van der Waals surface area contributed by atoms with Gasteiger partial charge in [0, 0.05) is 12.3 Å². The summed E-state index contributed by atoms with van der Waals surface area (Å²) in [4.78, 5) is 24.5. The van der Waals surface area contributed by atoms with Crippen LogP contribution in [0.4, 0.5) is 0 Å². The third kappa shape index (κ3) is 3.04. The third-order valence-corrected chi connectivity index (χ3v) is 2.16. The molecule has 0 bridgehead atoms. The van der Waals surface area contributed by atoms with Gasteiger partial charge < -0.3 is 9.84 Å². The molecule has 0 saturated heterocycles. The minimum absolute atomic E-state index is 0.116. The Morgan fingerprint density at radius 3 is 2.75 bits per heavy atom. The minimum Gasteiger partial charge on any atom is -0.394 e. The van der Waals surface area contributed by atoms with Gasteiger partial charge in [0.05, 0.1) is 12.7 Å². The number of aliphatic hydroxyl groups excluding tert-OH is 1. The van der Waals surface area contributed by atoms with Gasteiger partial charge in [0.25, 0.3) is 5.56 Å². The van der Waals surface area contributed by atoms with Crippen LogP contribution >= 0.6 is 0 Å². The monoisotopic (exact) mass is 228 g/mol. The molecule has 1 aromatic heterocycles. The minimum atomic E-state index is -0.510. The molecule has 0 amide bonds. The number of H-pyrrole nitrogens is 1. The van der Waals surface area contributed by atoms with E-state index in [1.54, 1.807) is 6.92 Å². The number of aromatic nitrogens is 2. The van der Waals surface area contributed by atoms with E-state index in [1.807, 2.05) is 6.92 Å². The van der Waals surface area contributed by atoms with Crippen molar-refractivity contribution in [3.63, 3.8) is 0 Å². The lowest BCUT2D eigenvalue weighted by atomic mass is 10.3. The fraction of sp³-hybridized carbons (Fsp3) is 0.600. The van der Waals surface area contributed by atoms with Crippen LogP contribution in [0.5, 0.6) is 0 Å². The average molecular weight is 228 g/mol. The number of hydrogen-bond donors (Lipinski definition) is 2. The smallest absolute Gasteiger partial charge is 0.330 e. The highest BCUT2D eigenvalue weighted by atomic mass is 16.5. The molecule has 6 heteroatoms. The highest BCUT2D eigenvalue weighted by molar-refractivity contribution is 4.84. The maximum atomic E-state index is 11.5. The van der Waals surface area contributed by atoms with E-state index in [1.165, 1.54) is 16.8 Å². The zero-order valence-electron chi connectivity index (χ0n) is 9.34. The van der Waals surface area contributed by atoms with Crippen molar-refractivity contribution in [1.82, 2.24) is 9.55 Å². The zero-order chi connectivity index (χ0) is 12.1. The molecule has 2 unspecified atom stereocenters. The van der Waals surface area contributed by atoms with Crippen molar-refractivity contribution in [2.45, 2.75) is 32.6 Å². The molecule has 1 rings (SSSR count). The fourth-order valence-corrected chi connectivity index (χ4v) is 1.32. The van der Waals surface area contributed by atoms with E-state index in [2.05, 4.69) is 4.98 Å². The van der Waals surface area contributed by atoms with Crippen molar-refractivity contribution in [2.75, 3.05) is 6.61 Å². The van der Waals surface area contributed by atoms with Gasteiger partial charge in [-0.25, -0.2) is 4.79 Å². The Morgan fingerprint density at radius 2 is 2.25 bits per heavy atom. The number of nitrogens with zero attached hydrogens (tertiary/aromatic N) is 1. The van der Waals surface area contributed by atoms with Crippen molar-refractivity contribution in [1.29, 1.82) is 0 Å². The van der Waals surface area contributed by atoms with Crippen LogP contribution in [0.1, 0.15) is 26.5 Å². The van der Waals surface area contributed by atoms with Gasteiger partial charge in [0.1, 0.15) is 6.23 Å². The molecule has 0 saturated carbocycles. The first-order valence-corrected chi connectivity index (χ1v) is 5.16. The predicted molar refractivity (Wildman–Crippen MR) is 58.3 cm³/mol. The van der Waals surface area contributed by atoms with E-state index in [0.29, 0.717) is 6.42 Å². The highest BCUT2D eigenvalue weighted by Crippen LogP contribution is 2.12. The molecule has 0 aliphatic carbocycles. The summed E-state index contributed by atoms with van der Waals surface area (Å²) >= 11 is 0. The second-order valence-corrected chi connectivity index (χ2v) is 3.51. The number of hydrogen-bond acceptors (Lipinski definition) is 4.